The van der Waals surface area contributed by atoms with E-state index in [-0.39, 0.29) is 18.1 Å². The Hall–Kier alpha value is -2.53. The Morgan fingerprint density at radius 3 is 2.74 bits per heavy atom. The molecule has 0 spiro atoms. The number of rotatable bonds is 4. The molecule has 0 radical (unpaired) electrons. The molecule has 0 saturated heterocycles. The average molecular weight is 326 g/mol. The number of carbonyl (C=O) groups is 1. The molecule has 0 saturated carbocycles. The van der Waals surface area contributed by atoms with Gasteiger partial charge in [0.25, 0.3) is 0 Å². The lowest BCUT2D eigenvalue weighted by molar-refractivity contribution is -0.115. The number of anilines is 1. The van der Waals surface area contributed by atoms with E-state index in [0.29, 0.717) is 16.9 Å². The standard InChI is InChI=1S/C18H15FN2OS/c1-12-7-8-14(9-16(12)19)20-17(22)10-15-11-23-18(21-15)13-5-3-2-4-6-13/h2-9,11H,10H2,1H3,(H,20,22). The summed E-state index contributed by atoms with van der Waals surface area (Å²) in [5, 5.41) is 5.45. The van der Waals surface area contributed by atoms with E-state index in [1.807, 2.05) is 35.7 Å². The predicted octanol–water partition coefficient (Wildman–Crippen LogP) is 4.44. The van der Waals surface area contributed by atoms with Gasteiger partial charge < -0.3 is 5.32 Å². The summed E-state index contributed by atoms with van der Waals surface area (Å²) in [7, 11) is 0. The molecule has 1 N–H and O–H groups in total. The monoisotopic (exact) mass is 326 g/mol. The second-order valence-electron chi connectivity index (χ2n) is 5.20. The number of aromatic nitrogens is 1. The van der Waals surface area contributed by atoms with Crippen molar-refractivity contribution in [2.45, 2.75) is 13.3 Å². The predicted molar refractivity (Wildman–Crippen MR) is 91.0 cm³/mol. The van der Waals surface area contributed by atoms with Gasteiger partial charge in [-0.3, -0.25) is 4.79 Å². The molecule has 0 fully saturated rings. The Bertz CT molecular complexity index is 830. The first-order chi connectivity index (χ1) is 11.1. The third-order valence-electron chi connectivity index (χ3n) is 3.37. The molecule has 1 heterocycles. The first-order valence-electron chi connectivity index (χ1n) is 7.17. The van der Waals surface area contributed by atoms with Crippen LogP contribution in [0.2, 0.25) is 0 Å². The topological polar surface area (TPSA) is 42.0 Å². The molecule has 1 amide bonds. The highest BCUT2D eigenvalue weighted by atomic mass is 32.1. The number of halogens is 1. The van der Waals surface area contributed by atoms with Crippen molar-refractivity contribution in [2.75, 3.05) is 5.32 Å². The Morgan fingerprint density at radius 2 is 2.00 bits per heavy atom. The number of nitrogens with one attached hydrogen (secondary N) is 1. The van der Waals surface area contributed by atoms with Crippen LogP contribution in [0, 0.1) is 12.7 Å². The maximum absolute atomic E-state index is 13.5. The molecule has 3 nitrogen and oxygen atoms in total. The minimum Gasteiger partial charge on any atom is -0.326 e. The van der Waals surface area contributed by atoms with Crippen molar-refractivity contribution in [3.63, 3.8) is 0 Å². The Morgan fingerprint density at radius 1 is 1.22 bits per heavy atom. The first kappa shape index (κ1) is 15.4. The minimum atomic E-state index is -0.331. The molecule has 0 aliphatic heterocycles. The van der Waals surface area contributed by atoms with Crippen LogP contribution >= 0.6 is 11.3 Å². The smallest absolute Gasteiger partial charge is 0.230 e. The zero-order valence-corrected chi connectivity index (χ0v) is 13.4. The van der Waals surface area contributed by atoms with Crippen LogP contribution in [0.25, 0.3) is 10.6 Å². The summed E-state index contributed by atoms with van der Waals surface area (Å²) >= 11 is 1.50. The normalized spacial score (nSPS) is 10.5. The molecule has 1 aromatic heterocycles. The minimum absolute atomic E-state index is 0.166. The number of carbonyl (C=O) groups excluding carboxylic acids is 1. The fourth-order valence-corrected chi connectivity index (χ4v) is 2.97. The van der Waals surface area contributed by atoms with Gasteiger partial charge in [-0.1, -0.05) is 36.4 Å². The molecule has 0 atom stereocenters. The van der Waals surface area contributed by atoms with E-state index in [1.54, 1.807) is 19.1 Å². The summed E-state index contributed by atoms with van der Waals surface area (Å²) in [5.74, 6) is -0.541. The van der Waals surface area contributed by atoms with Gasteiger partial charge in [0.2, 0.25) is 5.91 Å². The van der Waals surface area contributed by atoms with Crippen LogP contribution in [0.15, 0.2) is 53.9 Å². The van der Waals surface area contributed by atoms with Crippen molar-refractivity contribution in [1.29, 1.82) is 0 Å². The van der Waals surface area contributed by atoms with Crippen molar-refractivity contribution in [3.8, 4) is 10.6 Å². The largest absolute Gasteiger partial charge is 0.326 e. The van der Waals surface area contributed by atoms with Crippen LogP contribution in [-0.4, -0.2) is 10.9 Å². The van der Waals surface area contributed by atoms with Gasteiger partial charge in [-0.25, -0.2) is 9.37 Å². The van der Waals surface area contributed by atoms with Crippen molar-refractivity contribution in [3.05, 3.63) is 71.0 Å². The van der Waals surface area contributed by atoms with E-state index in [2.05, 4.69) is 10.3 Å². The lowest BCUT2D eigenvalue weighted by atomic mass is 10.2. The SMILES string of the molecule is Cc1ccc(NC(=O)Cc2csc(-c3ccccc3)n2)cc1F. The maximum Gasteiger partial charge on any atom is 0.230 e. The summed E-state index contributed by atoms with van der Waals surface area (Å²) in [5.41, 5.74) is 2.75. The number of nitrogens with zero attached hydrogens (tertiary/aromatic N) is 1. The average Bonchev–Trinajstić information content (AvgIpc) is 3.00. The fraction of sp³-hybridized carbons (Fsp3) is 0.111. The molecule has 0 aliphatic rings. The molecule has 116 valence electrons. The number of amides is 1. The summed E-state index contributed by atoms with van der Waals surface area (Å²) in [6, 6.07) is 14.5. The molecular weight excluding hydrogens is 311 g/mol. The fourth-order valence-electron chi connectivity index (χ4n) is 2.14. The molecule has 0 unspecified atom stereocenters. The molecule has 5 heteroatoms. The highest BCUT2D eigenvalue weighted by Gasteiger charge is 2.10. The Balaban J connectivity index is 1.66. The van der Waals surface area contributed by atoms with Crippen LogP contribution in [0.1, 0.15) is 11.3 Å². The molecule has 0 aliphatic carbocycles. The van der Waals surface area contributed by atoms with E-state index >= 15 is 0 Å². The van der Waals surface area contributed by atoms with Crippen LogP contribution in [0.5, 0.6) is 0 Å². The van der Waals surface area contributed by atoms with Crippen LogP contribution in [-0.2, 0) is 11.2 Å². The number of thiazole rings is 1. The molecule has 23 heavy (non-hydrogen) atoms. The van der Waals surface area contributed by atoms with Crippen LogP contribution in [0.3, 0.4) is 0 Å². The van der Waals surface area contributed by atoms with Gasteiger partial charge >= 0.3 is 0 Å². The number of hydrogen-bond acceptors (Lipinski definition) is 3. The third kappa shape index (κ3) is 3.81. The Kier molecular flexibility index (Phi) is 4.48. The highest BCUT2D eigenvalue weighted by molar-refractivity contribution is 7.13. The summed E-state index contributed by atoms with van der Waals surface area (Å²) < 4.78 is 13.5. The zero-order valence-electron chi connectivity index (χ0n) is 12.5. The van der Waals surface area contributed by atoms with E-state index in [9.17, 15) is 9.18 Å². The van der Waals surface area contributed by atoms with Crippen molar-refractivity contribution in [1.82, 2.24) is 4.98 Å². The van der Waals surface area contributed by atoms with E-state index in [4.69, 9.17) is 0 Å². The molecule has 2 aromatic carbocycles. The maximum atomic E-state index is 13.5. The zero-order chi connectivity index (χ0) is 16.2. The summed E-state index contributed by atoms with van der Waals surface area (Å²) in [4.78, 5) is 16.5. The molecule has 3 aromatic rings. The van der Waals surface area contributed by atoms with Crippen LogP contribution in [0.4, 0.5) is 10.1 Å². The van der Waals surface area contributed by atoms with Gasteiger partial charge in [0, 0.05) is 16.6 Å². The van der Waals surface area contributed by atoms with Crippen molar-refractivity contribution >= 4 is 22.9 Å². The lowest BCUT2D eigenvalue weighted by Crippen LogP contribution is -2.14. The van der Waals surface area contributed by atoms with E-state index in [1.165, 1.54) is 17.4 Å². The van der Waals surface area contributed by atoms with Crippen LogP contribution < -0.4 is 5.32 Å². The highest BCUT2D eigenvalue weighted by Crippen LogP contribution is 2.23. The second kappa shape index (κ2) is 6.71. The molecular formula is C18H15FN2OS. The summed E-state index contributed by atoms with van der Waals surface area (Å²) in [6.45, 7) is 1.68. The molecule has 3 rings (SSSR count). The van der Waals surface area contributed by atoms with Gasteiger partial charge in [-0.15, -0.1) is 11.3 Å². The van der Waals surface area contributed by atoms with Gasteiger partial charge in [0.1, 0.15) is 10.8 Å². The quantitative estimate of drug-likeness (QED) is 0.770. The van der Waals surface area contributed by atoms with E-state index < -0.39 is 0 Å². The second-order valence-corrected chi connectivity index (χ2v) is 6.06. The van der Waals surface area contributed by atoms with Gasteiger partial charge in [0.05, 0.1) is 12.1 Å². The first-order valence-corrected chi connectivity index (χ1v) is 8.05. The number of hydrogen-bond donors (Lipinski definition) is 1. The van der Waals surface area contributed by atoms with Gasteiger partial charge in [0.15, 0.2) is 0 Å². The third-order valence-corrected chi connectivity index (χ3v) is 4.31. The Labute approximate surface area is 137 Å². The number of benzene rings is 2. The van der Waals surface area contributed by atoms with Crippen molar-refractivity contribution < 1.29 is 9.18 Å². The summed E-state index contributed by atoms with van der Waals surface area (Å²) in [6.07, 6.45) is 0.166. The van der Waals surface area contributed by atoms with Crippen molar-refractivity contribution in [2.24, 2.45) is 0 Å². The number of aryl methyl sites for hydroxylation is 1. The van der Waals surface area contributed by atoms with E-state index in [0.717, 1.165) is 10.6 Å². The lowest BCUT2D eigenvalue weighted by Gasteiger charge is -2.05. The van der Waals surface area contributed by atoms with Gasteiger partial charge in [-0.2, -0.15) is 0 Å². The van der Waals surface area contributed by atoms with Gasteiger partial charge in [-0.05, 0) is 24.6 Å². The molecule has 0 bridgehead atoms.